The van der Waals surface area contributed by atoms with Crippen LogP contribution in [-0.2, 0) is 13.1 Å². The van der Waals surface area contributed by atoms with Gasteiger partial charge < -0.3 is 4.57 Å². The van der Waals surface area contributed by atoms with Gasteiger partial charge in [-0.3, -0.25) is 4.90 Å². The van der Waals surface area contributed by atoms with Crippen LogP contribution >= 0.6 is 0 Å². The van der Waals surface area contributed by atoms with Crippen LogP contribution in [-0.4, -0.2) is 27.5 Å². The van der Waals surface area contributed by atoms with E-state index in [1.165, 1.54) is 18.7 Å². The average molecular weight is 294 g/mol. The van der Waals surface area contributed by atoms with Crippen LogP contribution < -0.4 is 0 Å². The van der Waals surface area contributed by atoms with Crippen molar-refractivity contribution < 1.29 is 0 Å². The van der Waals surface area contributed by atoms with E-state index in [1.807, 2.05) is 24.4 Å². The van der Waals surface area contributed by atoms with Gasteiger partial charge in [0.15, 0.2) is 0 Å². The first-order valence-corrected chi connectivity index (χ1v) is 8.03. The molecule has 1 aliphatic rings. The molecule has 0 aliphatic carbocycles. The molecular weight excluding hydrogens is 272 g/mol. The molecule has 1 fully saturated rings. The van der Waals surface area contributed by atoms with Crippen LogP contribution in [0.3, 0.4) is 0 Å². The molecule has 0 radical (unpaired) electrons. The Bertz CT molecular complexity index is 668. The highest BCUT2D eigenvalue weighted by atomic mass is 15.1. The van der Waals surface area contributed by atoms with Crippen LogP contribution in [0.4, 0.5) is 0 Å². The molecule has 0 spiro atoms. The SMILES string of the molecule is CCn1ccnc1[C@@H]1CCCN(Cc2ccccc2C#N)C1. The van der Waals surface area contributed by atoms with E-state index in [4.69, 9.17) is 0 Å². The van der Waals surface area contributed by atoms with Crippen molar-refractivity contribution in [3.8, 4) is 6.07 Å². The van der Waals surface area contributed by atoms with Gasteiger partial charge in [-0.05, 0) is 37.9 Å². The maximum absolute atomic E-state index is 9.24. The molecule has 0 saturated carbocycles. The lowest BCUT2D eigenvalue weighted by atomic mass is 9.96. The van der Waals surface area contributed by atoms with Crippen molar-refractivity contribution in [2.45, 2.75) is 38.8 Å². The Kier molecular flexibility index (Phi) is 4.55. The molecule has 1 saturated heterocycles. The predicted molar refractivity (Wildman–Crippen MR) is 86.3 cm³/mol. The minimum absolute atomic E-state index is 0.498. The summed E-state index contributed by atoms with van der Waals surface area (Å²) in [7, 11) is 0. The number of likely N-dealkylation sites (tertiary alicyclic amines) is 1. The lowest BCUT2D eigenvalue weighted by molar-refractivity contribution is 0.194. The van der Waals surface area contributed by atoms with Gasteiger partial charge in [0.2, 0.25) is 0 Å². The van der Waals surface area contributed by atoms with Crippen LogP contribution in [0, 0.1) is 11.3 Å². The maximum Gasteiger partial charge on any atom is 0.113 e. The van der Waals surface area contributed by atoms with Gasteiger partial charge in [0, 0.05) is 37.9 Å². The minimum atomic E-state index is 0.498. The topological polar surface area (TPSA) is 44.9 Å². The van der Waals surface area contributed by atoms with Gasteiger partial charge in [0.25, 0.3) is 0 Å². The number of nitrogens with zero attached hydrogens (tertiary/aromatic N) is 4. The number of hydrogen-bond donors (Lipinski definition) is 0. The number of aromatic nitrogens is 2. The van der Waals surface area contributed by atoms with Gasteiger partial charge in [0.05, 0.1) is 11.6 Å². The number of hydrogen-bond acceptors (Lipinski definition) is 3. The van der Waals surface area contributed by atoms with Crippen molar-refractivity contribution in [1.82, 2.24) is 14.5 Å². The molecule has 2 heterocycles. The fourth-order valence-electron chi connectivity index (χ4n) is 3.37. The minimum Gasteiger partial charge on any atom is -0.335 e. The van der Waals surface area contributed by atoms with Gasteiger partial charge in [0.1, 0.15) is 5.82 Å². The zero-order valence-corrected chi connectivity index (χ0v) is 13.1. The quantitative estimate of drug-likeness (QED) is 0.870. The van der Waals surface area contributed by atoms with E-state index in [0.29, 0.717) is 5.92 Å². The molecule has 4 nitrogen and oxygen atoms in total. The Hall–Kier alpha value is -2.12. The van der Waals surface area contributed by atoms with Crippen molar-refractivity contribution in [1.29, 1.82) is 5.26 Å². The van der Waals surface area contributed by atoms with Crippen LogP contribution in [0.2, 0.25) is 0 Å². The molecule has 1 atom stereocenters. The number of rotatable bonds is 4. The second-order valence-electron chi connectivity index (χ2n) is 5.91. The van der Waals surface area contributed by atoms with Gasteiger partial charge in [-0.15, -0.1) is 0 Å². The van der Waals surface area contributed by atoms with Crippen molar-refractivity contribution >= 4 is 0 Å². The van der Waals surface area contributed by atoms with Crippen molar-refractivity contribution in [3.05, 3.63) is 53.6 Å². The summed E-state index contributed by atoms with van der Waals surface area (Å²) in [4.78, 5) is 7.03. The Morgan fingerprint density at radius 3 is 3.05 bits per heavy atom. The standard InChI is InChI=1S/C18H22N4/c1-2-22-11-9-20-18(22)17-8-5-10-21(14-17)13-16-7-4-3-6-15(16)12-19/h3-4,6-7,9,11,17H,2,5,8,10,13-14H2,1H3/t17-/m1/s1. The van der Waals surface area contributed by atoms with E-state index in [0.717, 1.165) is 37.3 Å². The van der Waals surface area contributed by atoms with Crippen molar-refractivity contribution in [2.24, 2.45) is 0 Å². The Morgan fingerprint density at radius 2 is 2.23 bits per heavy atom. The Balaban J connectivity index is 1.72. The number of nitriles is 1. The molecule has 0 N–H and O–H groups in total. The molecule has 22 heavy (non-hydrogen) atoms. The molecule has 0 bridgehead atoms. The predicted octanol–water partition coefficient (Wildman–Crippen LogP) is 3.15. The number of aryl methyl sites for hydroxylation is 1. The fourth-order valence-corrected chi connectivity index (χ4v) is 3.37. The zero-order valence-electron chi connectivity index (χ0n) is 13.1. The maximum atomic E-state index is 9.24. The molecule has 0 amide bonds. The van der Waals surface area contributed by atoms with E-state index in [-0.39, 0.29) is 0 Å². The Morgan fingerprint density at radius 1 is 1.36 bits per heavy atom. The lowest BCUT2D eigenvalue weighted by Crippen LogP contribution is -2.35. The highest BCUT2D eigenvalue weighted by Gasteiger charge is 2.24. The lowest BCUT2D eigenvalue weighted by Gasteiger charge is -2.32. The first kappa shape index (κ1) is 14.8. The van der Waals surface area contributed by atoms with Crippen molar-refractivity contribution in [2.75, 3.05) is 13.1 Å². The van der Waals surface area contributed by atoms with Gasteiger partial charge in [-0.1, -0.05) is 18.2 Å². The second kappa shape index (κ2) is 6.76. The molecule has 1 aromatic carbocycles. The zero-order chi connectivity index (χ0) is 15.4. The van der Waals surface area contributed by atoms with E-state index in [9.17, 15) is 5.26 Å². The smallest absolute Gasteiger partial charge is 0.113 e. The number of benzene rings is 1. The summed E-state index contributed by atoms with van der Waals surface area (Å²) < 4.78 is 2.25. The van der Waals surface area contributed by atoms with E-state index in [1.54, 1.807) is 0 Å². The highest BCUT2D eigenvalue weighted by Crippen LogP contribution is 2.27. The molecule has 1 aromatic heterocycles. The highest BCUT2D eigenvalue weighted by molar-refractivity contribution is 5.37. The molecule has 0 unspecified atom stereocenters. The molecular formula is C18H22N4. The first-order valence-electron chi connectivity index (χ1n) is 8.03. The fraction of sp³-hybridized carbons (Fsp3) is 0.444. The third-order valence-corrected chi connectivity index (χ3v) is 4.49. The molecule has 3 rings (SSSR count). The van der Waals surface area contributed by atoms with Crippen LogP contribution in [0.1, 0.15) is 42.6 Å². The van der Waals surface area contributed by atoms with E-state index < -0.39 is 0 Å². The largest absolute Gasteiger partial charge is 0.335 e. The summed E-state index contributed by atoms with van der Waals surface area (Å²) in [5, 5.41) is 9.24. The monoisotopic (exact) mass is 294 g/mol. The van der Waals surface area contributed by atoms with Gasteiger partial charge >= 0.3 is 0 Å². The summed E-state index contributed by atoms with van der Waals surface area (Å²) in [5.41, 5.74) is 1.92. The van der Waals surface area contributed by atoms with Gasteiger partial charge in [-0.25, -0.2) is 4.98 Å². The van der Waals surface area contributed by atoms with E-state index >= 15 is 0 Å². The van der Waals surface area contributed by atoms with Crippen molar-refractivity contribution in [3.63, 3.8) is 0 Å². The van der Waals surface area contributed by atoms with E-state index in [2.05, 4.69) is 39.7 Å². The average Bonchev–Trinajstić information content (AvgIpc) is 3.04. The summed E-state index contributed by atoms with van der Waals surface area (Å²) in [6, 6.07) is 10.2. The number of imidazole rings is 1. The van der Waals surface area contributed by atoms with Crippen LogP contribution in [0.5, 0.6) is 0 Å². The number of piperidine rings is 1. The molecule has 114 valence electrons. The van der Waals surface area contributed by atoms with Crippen LogP contribution in [0.25, 0.3) is 0 Å². The molecule has 1 aliphatic heterocycles. The third kappa shape index (κ3) is 3.05. The summed E-state index contributed by atoms with van der Waals surface area (Å²) in [6.07, 6.45) is 6.37. The molecule has 4 heteroatoms. The Labute approximate surface area is 132 Å². The molecule has 2 aromatic rings. The van der Waals surface area contributed by atoms with Gasteiger partial charge in [-0.2, -0.15) is 5.26 Å². The van der Waals surface area contributed by atoms with Crippen LogP contribution in [0.15, 0.2) is 36.7 Å². The third-order valence-electron chi connectivity index (χ3n) is 4.49. The first-order chi connectivity index (χ1) is 10.8. The summed E-state index contributed by atoms with van der Waals surface area (Å²) >= 11 is 0. The summed E-state index contributed by atoms with van der Waals surface area (Å²) in [5.74, 6) is 1.71. The second-order valence-corrected chi connectivity index (χ2v) is 5.91. The summed E-state index contributed by atoms with van der Waals surface area (Å²) in [6.45, 7) is 6.12. The normalized spacial score (nSPS) is 19.0.